The minimum Gasteiger partial charge on any atom is -0.452 e. The van der Waals surface area contributed by atoms with Gasteiger partial charge in [-0.3, -0.25) is 4.72 Å². The van der Waals surface area contributed by atoms with Crippen LogP contribution in [0.3, 0.4) is 0 Å². The molecule has 0 heterocycles. The molecular weight excluding hydrogens is 356 g/mol. The van der Waals surface area contributed by atoms with E-state index in [0.29, 0.717) is 10.0 Å². The predicted molar refractivity (Wildman–Crippen MR) is 74.7 cm³/mol. The van der Waals surface area contributed by atoms with Gasteiger partial charge in [0.05, 0.1) is 12.8 Å². The summed E-state index contributed by atoms with van der Waals surface area (Å²) in [5.41, 5.74) is 5.92. The van der Waals surface area contributed by atoms with Gasteiger partial charge in [0.15, 0.2) is 5.84 Å². The molecule has 110 valence electrons. The first kappa shape index (κ1) is 16.0. The quantitative estimate of drug-likeness (QED) is 0.265. The highest BCUT2D eigenvalue weighted by Gasteiger charge is 2.16. The first-order chi connectivity index (χ1) is 9.29. The molecule has 0 unspecified atom stereocenters. The van der Waals surface area contributed by atoms with Gasteiger partial charge in [0.25, 0.3) is 0 Å². The molecule has 0 aliphatic rings. The van der Waals surface area contributed by atoms with E-state index >= 15 is 0 Å². The number of nitrogens with one attached hydrogen (secondary N) is 2. The monoisotopic (exact) mass is 366 g/mol. The van der Waals surface area contributed by atoms with Gasteiger partial charge in [-0.15, -0.1) is 0 Å². The van der Waals surface area contributed by atoms with Crippen LogP contribution in [0.25, 0.3) is 0 Å². The van der Waals surface area contributed by atoms with Crippen molar-refractivity contribution in [2.75, 3.05) is 11.8 Å². The normalized spacial score (nSPS) is 11.8. The van der Waals surface area contributed by atoms with E-state index in [1.54, 1.807) is 4.72 Å². The summed E-state index contributed by atoms with van der Waals surface area (Å²) < 4.78 is 31.4. The SMILES string of the molecule is COC(=O)NS(=O)(=O)Nc1ccc(/C(N)=N/O)cc1Br. The second-order valence-electron chi connectivity index (χ2n) is 3.38. The second kappa shape index (κ2) is 6.43. The highest BCUT2D eigenvalue weighted by molar-refractivity contribution is 9.10. The lowest BCUT2D eigenvalue weighted by atomic mass is 10.2. The Balaban J connectivity index is 2.97. The Kier molecular flexibility index (Phi) is 5.16. The highest BCUT2D eigenvalue weighted by Crippen LogP contribution is 2.24. The molecular formula is C9H11BrN4O5S. The first-order valence-electron chi connectivity index (χ1n) is 4.95. The van der Waals surface area contributed by atoms with Crippen LogP contribution in [0.2, 0.25) is 0 Å². The number of methoxy groups -OCH3 is 1. The third-order valence-electron chi connectivity index (χ3n) is 2.02. The van der Waals surface area contributed by atoms with E-state index in [2.05, 4.69) is 30.5 Å². The molecule has 0 aliphatic carbocycles. The largest absolute Gasteiger partial charge is 0.452 e. The van der Waals surface area contributed by atoms with Crippen molar-refractivity contribution >= 4 is 43.8 Å². The van der Waals surface area contributed by atoms with Gasteiger partial charge < -0.3 is 15.7 Å². The lowest BCUT2D eigenvalue weighted by Gasteiger charge is -2.10. The number of oxime groups is 1. The van der Waals surface area contributed by atoms with Crippen molar-refractivity contribution < 1.29 is 23.2 Å². The molecule has 1 rings (SSSR count). The van der Waals surface area contributed by atoms with Crippen LogP contribution in [0.15, 0.2) is 27.8 Å². The van der Waals surface area contributed by atoms with E-state index in [-0.39, 0.29) is 11.5 Å². The van der Waals surface area contributed by atoms with Gasteiger partial charge in [0.1, 0.15) is 0 Å². The van der Waals surface area contributed by atoms with Gasteiger partial charge in [0, 0.05) is 10.0 Å². The molecule has 5 N–H and O–H groups in total. The molecule has 0 fully saturated rings. The Hall–Kier alpha value is -2.01. The summed E-state index contributed by atoms with van der Waals surface area (Å²) >= 11 is 3.12. The summed E-state index contributed by atoms with van der Waals surface area (Å²) in [6.07, 6.45) is -1.12. The number of hydrogen-bond donors (Lipinski definition) is 4. The molecule has 1 aromatic rings. The van der Waals surface area contributed by atoms with Crippen molar-refractivity contribution in [1.29, 1.82) is 0 Å². The molecule has 9 nitrogen and oxygen atoms in total. The molecule has 0 saturated carbocycles. The number of amides is 1. The van der Waals surface area contributed by atoms with Crippen LogP contribution in [0.1, 0.15) is 5.56 Å². The Bertz CT molecular complexity index is 646. The molecule has 0 bridgehead atoms. The lowest BCUT2D eigenvalue weighted by Crippen LogP contribution is -2.35. The number of carbonyl (C=O) groups excluding carboxylic acids is 1. The van der Waals surface area contributed by atoms with Crippen molar-refractivity contribution in [1.82, 2.24) is 4.72 Å². The van der Waals surface area contributed by atoms with Crippen molar-refractivity contribution in [2.45, 2.75) is 0 Å². The standard InChI is InChI=1S/C9H11BrN4O5S/c1-19-9(15)14-20(17,18)13-7-3-2-5(4-6(7)10)8(11)12-16/h2-4,13,16H,1H3,(H2,11,12)(H,14,15). The van der Waals surface area contributed by atoms with Crippen LogP contribution < -0.4 is 15.2 Å². The molecule has 1 amide bonds. The average Bonchev–Trinajstić information content (AvgIpc) is 2.39. The van der Waals surface area contributed by atoms with E-state index in [0.717, 1.165) is 7.11 Å². The average molecular weight is 367 g/mol. The molecule has 0 aliphatic heterocycles. The van der Waals surface area contributed by atoms with Crippen molar-refractivity contribution in [3.8, 4) is 0 Å². The maximum absolute atomic E-state index is 11.6. The Morgan fingerprint density at radius 1 is 1.50 bits per heavy atom. The van der Waals surface area contributed by atoms with Crippen LogP contribution in [0, 0.1) is 0 Å². The number of rotatable bonds is 4. The van der Waals surface area contributed by atoms with Crippen molar-refractivity contribution in [3.05, 3.63) is 28.2 Å². The second-order valence-corrected chi connectivity index (χ2v) is 5.65. The molecule has 0 spiro atoms. The Labute approximate surface area is 123 Å². The lowest BCUT2D eigenvalue weighted by molar-refractivity contribution is 0.177. The van der Waals surface area contributed by atoms with E-state index in [4.69, 9.17) is 10.9 Å². The maximum Gasteiger partial charge on any atom is 0.422 e. The van der Waals surface area contributed by atoms with E-state index in [1.807, 2.05) is 0 Å². The number of anilines is 1. The number of benzene rings is 1. The minimum absolute atomic E-state index is 0.132. The number of amidine groups is 1. The van der Waals surface area contributed by atoms with Crippen LogP contribution in [0.4, 0.5) is 10.5 Å². The van der Waals surface area contributed by atoms with Gasteiger partial charge in [0.2, 0.25) is 0 Å². The Morgan fingerprint density at radius 3 is 2.65 bits per heavy atom. The maximum atomic E-state index is 11.6. The number of hydrogen-bond acceptors (Lipinski definition) is 6. The van der Waals surface area contributed by atoms with Crippen LogP contribution >= 0.6 is 15.9 Å². The summed E-state index contributed by atoms with van der Waals surface area (Å²) in [5, 5.41) is 11.4. The molecule has 0 aromatic heterocycles. The summed E-state index contributed by atoms with van der Waals surface area (Å²) in [7, 11) is -3.09. The number of nitrogens with zero attached hydrogens (tertiary/aromatic N) is 1. The molecule has 11 heteroatoms. The molecule has 0 atom stereocenters. The van der Waals surface area contributed by atoms with Crippen LogP contribution in [-0.2, 0) is 14.9 Å². The fourth-order valence-corrected chi connectivity index (χ4v) is 2.57. The topological polar surface area (TPSA) is 143 Å². The third-order valence-corrected chi connectivity index (χ3v) is 3.60. The van der Waals surface area contributed by atoms with Gasteiger partial charge in [-0.25, -0.2) is 9.52 Å². The van der Waals surface area contributed by atoms with Gasteiger partial charge in [-0.2, -0.15) is 8.42 Å². The summed E-state index contributed by atoms with van der Waals surface area (Å²) in [6, 6.07) is 4.23. The number of carbonyl (C=O) groups is 1. The summed E-state index contributed by atoms with van der Waals surface area (Å²) in [6.45, 7) is 0. The smallest absolute Gasteiger partial charge is 0.422 e. The van der Waals surface area contributed by atoms with E-state index in [9.17, 15) is 13.2 Å². The highest BCUT2D eigenvalue weighted by atomic mass is 79.9. The zero-order valence-electron chi connectivity index (χ0n) is 10.1. The minimum atomic E-state index is -4.12. The predicted octanol–water partition coefficient (Wildman–Crippen LogP) is 0.556. The summed E-state index contributed by atoms with van der Waals surface area (Å²) in [4.78, 5) is 10.9. The van der Waals surface area contributed by atoms with Crippen molar-refractivity contribution in [2.24, 2.45) is 10.9 Å². The van der Waals surface area contributed by atoms with Gasteiger partial charge >= 0.3 is 16.3 Å². The summed E-state index contributed by atoms with van der Waals surface area (Å²) in [5.74, 6) is -0.132. The van der Waals surface area contributed by atoms with E-state index in [1.165, 1.54) is 18.2 Å². The van der Waals surface area contributed by atoms with Crippen LogP contribution in [-0.4, -0.2) is 32.7 Å². The fourth-order valence-electron chi connectivity index (χ4n) is 1.14. The molecule has 0 radical (unpaired) electrons. The number of halogens is 1. The van der Waals surface area contributed by atoms with Crippen molar-refractivity contribution in [3.63, 3.8) is 0 Å². The molecule has 0 saturated heterocycles. The van der Waals surface area contributed by atoms with Gasteiger partial charge in [-0.05, 0) is 34.1 Å². The zero-order valence-corrected chi connectivity index (χ0v) is 12.5. The molecule has 1 aromatic carbocycles. The Morgan fingerprint density at radius 2 is 2.15 bits per heavy atom. The number of nitrogens with two attached hydrogens (primary N) is 1. The fraction of sp³-hybridized carbons (Fsp3) is 0.111. The zero-order chi connectivity index (χ0) is 15.3. The first-order valence-corrected chi connectivity index (χ1v) is 7.22. The van der Waals surface area contributed by atoms with Gasteiger partial charge in [-0.1, -0.05) is 5.16 Å². The third kappa shape index (κ3) is 4.28. The van der Waals surface area contributed by atoms with Crippen LogP contribution in [0.5, 0.6) is 0 Å². The number of ether oxygens (including phenoxy) is 1. The van der Waals surface area contributed by atoms with E-state index < -0.39 is 16.3 Å². The molecule has 20 heavy (non-hydrogen) atoms.